The molecule has 0 aliphatic carbocycles. The number of nitrogens with one attached hydrogen (secondary N) is 1. The standard InChI is InChI=1S/C18H21ClN2O3S/c1-21(2)15-10-8-14(9-11-15)17(13-20-18(22)12-19)25(23,24)16-6-4-3-5-7-16/h3-11,17H,12-13H2,1-2H3,(H,20,22)/t17-/m1/s1. The van der Waals surface area contributed by atoms with Crippen LogP contribution in [0.5, 0.6) is 0 Å². The van der Waals surface area contributed by atoms with Crippen molar-refractivity contribution in [2.45, 2.75) is 10.1 Å². The van der Waals surface area contributed by atoms with Crippen molar-refractivity contribution < 1.29 is 13.2 Å². The van der Waals surface area contributed by atoms with E-state index in [-0.39, 0.29) is 17.3 Å². The number of rotatable bonds is 7. The molecule has 7 heteroatoms. The van der Waals surface area contributed by atoms with Crippen LogP contribution in [0, 0.1) is 0 Å². The highest BCUT2D eigenvalue weighted by atomic mass is 35.5. The zero-order valence-corrected chi connectivity index (χ0v) is 15.7. The zero-order chi connectivity index (χ0) is 18.4. The van der Waals surface area contributed by atoms with Gasteiger partial charge in [0.05, 0.1) is 4.90 Å². The van der Waals surface area contributed by atoms with Crippen molar-refractivity contribution in [3.05, 3.63) is 60.2 Å². The summed E-state index contributed by atoms with van der Waals surface area (Å²) in [6, 6.07) is 15.5. The lowest BCUT2D eigenvalue weighted by atomic mass is 10.1. The molecule has 0 radical (unpaired) electrons. The number of sulfone groups is 1. The summed E-state index contributed by atoms with van der Waals surface area (Å²) in [4.78, 5) is 13.7. The zero-order valence-electron chi connectivity index (χ0n) is 14.1. The Morgan fingerprint density at radius 2 is 1.68 bits per heavy atom. The Kier molecular flexibility index (Phi) is 6.45. The number of halogens is 1. The van der Waals surface area contributed by atoms with Crippen molar-refractivity contribution in [1.82, 2.24) is 5.32 Å². The molecule has 2 rings (SSSR count). The summed E-state index contributed by atoms with van der Waals surface area (Å²) in [5, 5.41) is 1.69. The van der Waals surface area contributed by atoms with Crippen molar-refractivity contribution in [3.63, 3.8) is 0 Å². The maximum absolute atomic E-state index is 13.1. The quantitative estimate of drug-likeness (QED) is 0.750. The first kappa shape index (κ1) is 19.3. The van der Waals surface area contributed by atoms with Crippen LogP contribution >= 0.6 is 11.6 Å². The molecule has 0 fully saturated rings. The normalized spacial score (nSPS) is 12.4. The van der Waals surface area contributed by atoms with E-state index in [0.717, 1.165) is 5.69 Å². The van der Waals surface area contributed by atoms with Crippen LogP contribution in [0.3, 0.4) is 0 Å². The maximum Gasteiger partial charge on any atom is 0.234 e. The Bertz CT molecular complexity index is 806. The Morgan fingerprint density at radius 3 is 2.20 bits per heavy atom. The van der Waals surface area contributed by atoms with Gasteiger partial charge >= 0.3 is 0 Å². The first-order valence-corrected chi connectivity index (χ1v) is 9.83. The van der Waals surface area contributed by atoms with E-state index in [9.17, 15) is 13.2 Å². The van der Waals surface area contributed by atoms with E-state index in [0.29, 0.717) is 5.56 Å². The summed E-state index contributed by atoms with van der Waals surface area (Å²) >= 11 is 5.50. The van der Waals surface area contributed by atoms with Gasteiger partial charge in [0, 0.05) is 26.3 Å². The molecule has 134 valence electrons. The van der Waals surface area contributed by atoms with Crippen molar-refractivity contribution in [1.29, 1.82) is 0 Å². The highest BCUT2D eigenvalue weighted by Crippen LogP contribution is 2.29. The van der Waals surface area contributed by atoms with Crippen LogP contribution in [0.4, 0.5) is 5.69 Å². The van der Waals surface area contributed by atoms with E-state index < -0.39 is 21.0 Å². The molecule has 5 nitrogen and oxygen atoms in total. The third-order valence-electron chi connectivity index (χ3n) is 3.83. The van der Waals surface area contributed by atoms with E-state index in [1.165, 1.54) is 0 Å². The number of anilines is 1. The molecule has 0 aliphatic heterocycles. The number of hydrogen-bond donors (Lipinski definition) is 1. The summed E-state index contributed by atoms with van der Waals surface area (Å²) in [6.45, 7) is -0.0376. The fourth-order valence-corrected chi connectivity index (χ4v) is 4.20. The maximum atomic E-state index is 13.1. The predicted octanol–water partition coefficient (Wildman–Crippen LogP) is 2.62. The topological polar surface area (TPSA) is 66.5 Å². The second-order valence-electron chi connectivity index (χ2n) is 5.77. The first-order chi connectivity index (χ1) is 11.9. The van der Waals surface area contributed by atoms with Crippen LogP contribution in [0.25, 0.3) is 0 Å². The van der Waals surface area contributed by atoms with Gasteiger partial charge in [-0.3, -0.25) is 4.79 Å². The third-order valence-corrected chi connectivity index (χ3v) is 6.19. The number of carbonyl (C=O) groups is 1. The van der Waals surface area contributed by atoms with Gasteiger partial charge in [-0.15, -0.1) is 11.6 Å². The van der Waals surface area contributed by atoms with Crippen molar-refractivity contribution in [2.24, 2.45) is 0 Å². The van der Waals surface area contributed by atoms with E-state index in [1.807, 2.05) is 31.1 Å². The average molecular weight is 381 g/mol. The second-order valence-corrected chi connectivity index (χ2v) is 8.17. The number of alkyl halides is 1. The summed E-state index contributed by atoms with van der Waals surface area (Å²) < 4.78 is 26.1. The molecule has 0 unspecified atom stereocenters. The number of nitrogens with zero attached hydrogens (tertiary/aromatic N) is 1. The lowest BCUT2D eigenvalue weighted by Gasteiger charge is -2.20. The molecule has 25 heavy (non-hydrogen) atoms. The van der Waals surface area contributed by atoms with Gasteiger partial charge in [0.2, 0.25) is 5.91 Å². The molecular formula is C18H21ClN2O3S. The molecule has 0 bridgehead atoms. The largest absolute Gasteiger partial charge is 0.378 e. The first-order valence-electron chi connectivity index (χ1n) is 7.75. The van der Waals surface area contributed by atoms with Gasteiger partial charge in [-0.25, -0.2) is 8.42 Å². The lowest BCUT2D eigenvalue weighted by Crippen LogP contribution is -2.32. The Hall–Kier alpha value is -2.05. The fraction of sp³-hybridized carbons (Fsp3) is 0.278. The minimum absolute atomic E-state index is 0.0376. The molecule has 0 saturated heterocycles. The molecule has 0 aromatic heterocycles. The molecule has 0 heterocycles. The molecule has 0 saturated carbocycles. The van der Waals surface area contributed by atoms with Gasteiger partial charge in [-0.1, -0.05) is 30.3 Å². The van der Waals surface area contributed by atoms with E-state index in [4.69, 9.17) is 11.6 Å². The van der Waals surface area contributed by atoms with Gasteiger partial charge < -0.3 is 10.2 Å². The van der Waals surface area contributed by atoms with E-state index in [2.05, 4.69) is 5.32 Å². The SMILES string of the molecule is CN(C)c1ccc([C@@H](CNC(=O)CCl)S(=O)(=O)c2ccccc2)cc1. The Labute approximate surface area is 153 Å². The van der Waals surface area contributed by atoms with Crippen LogP contribution < -0.4 is 10.2 Å². The predicted molar refractivity (Wildman–Crippen MR) is 101 cm³/mol. The highest BCUT2D eigenvalue weighted by molar-refractivity contribution is 7.91. The molecule has 1 N–H and O–H groups in total. The molecule has 2 aromatic carbocycles. The Morgan fingerprint density at radius 1 is 1.08 bits per heavy atom. The molecule has 1 amide bonds. The minimum atomic E-state index is -3.66. The van der Waals surface area contributed by atoms with Crippen LogP contribution in [-0.2, 0) is 14.6 Å². The number of benzene rings is 2. The van der Waals surface area contributed by atoms with Gasteiger partial charge in [0.25, 0.3) is 0 Å². The lowest BCUT2D eigenvalue weighted by molar-refractivity contribution is -0.118. The second kappa shape index (κ2) is 8.36. The smallest absolute Gasteiger partial charge is 0.234 e. The van der Waals surface area contributed by atoms with Crippen molar-refractivity contribution in [2.75, 3.05) is 31.4 Å². The summed E-state index contributed by atoms with van der Waals surface area (Å²) in [7, 11) is 0.159. The monoisotopic (exact) mass is 380 g/mol. The number of hydrogen-bond acceptors (Lipinski definition) is 4. The highest BCUT2D eigenvalue weighted by Gasteiger charge is 2.29. The van der Waals surface area contributed by atoms with Crippen LogP contribution in [0.2, 0.25) is 0 Å². The molecule has 1 atom stereocenters. The fourth-order valence-electron chi connectivity index (χ4n) is 2.42. The van der Waals surface area contributed by atoms with Crippen LogP contribution in [0.15, 0.2) is 59.5 Å². The third kappa shape index (κ3) is 4.74. The van der Waals surface area contributed by atoms with E-state index >= 15 is 0 Å². The van der Waals surface area contributed by atoms with Crippen molar-refractivity contribution in [3.8, 4) is 0 Å². The van der Waals surface area contributed by atoms with Crippen LogP contribution in [-0.4, -0.2) is 40.8 Å². The summed E-state index contributed by atoms with van der Waals surface area (Å²) in [5.41, 5.74) is 1.58. The average Bonchev–Trinajstić information content (AvgIpc) is 2.62. The van der Waals surface area contributed by atoms with Gasteiger partial charge in [-0.05, 0) is 29.8 Å². The van der Waals surface area contributed by atoms with Crippen LogP contribution in [0.1, 0.15) is 10.8 Å². The van der Waals surface area contributed by atoms with Crippen molar-refractivity contribution >= 4 is 33.0 Å². The summed E-state index contributed by atoms with van der Waals surface area (Å²) in [6.07, 6.45) is 0. The number of amides is 1. The molecule has 2 aromatic rings. The summed E-state index contributed by atoms with van der Waals surface area (Å²) in [5.74, 6) is -0.614. The molecular weight excluding hydrogens is 360 g/mol. The Balaban J connectivity index is 2.40. The number of carbonyl (C=O) groups excluding carboxylic acids is 1. The van der Waals surface area contributed by atoms with Gasteiger partial charge in [0.15, 0.2) is 9.84 Å². The molecule has 0 spiro atoms. The minimum Gasteiger partial charge on any atom is -0.378 e. The van der Waals surface area contributed by atoms with Gasteiger partial charge in [0.1, 0.15) is 11.1 Å². The van der Waals surface area contributed by atoms with Gasteiger partial charge in [-0.2, -0.15) is 0 Å². The van der Waals surface area contributed by atoms with E-state index in [1.54, 1.807) is 42.5 Å². The molecule has 0 aliphatic rings.